The van der Waals surface area contributed by atoms with Gasteiger partial charge < -0.3 is 0 Å². The van der Waals surface area contributed by atoms with Gasteiger partial charge in [-0.05, 0) is 42.7 Å². The molecule has 3 aromatic rings. The number of halogens is 3. The lowest BCUT2D eigenvalue weighted by Gasteiger charge is -2.25. The highest BCUT2D eigenvalue weighted by atomic mass is 32.2. The minimum Gasteiger partial charge on any atom is -0.249 e. The maximum atomic E-state index is 12.9. The first kappa shape index (κ1) is 20.6. The van der Waals surface area contributed by atoms with Crippen LogP contribution in [0.3, 0.4) is 0 Å². The molecular weight excluding hydrogens is 421 g/mol. The second-order valence-corrected chi connectivity index (χ2v) is 9.13. The first-order chi connectivity index (χ1) is 14.2. The van der Waals surface area contributed by atoms with Gasteiger partial charge in [0.2, 0.25) is 10.0 Å². The molecule has 0 atom stereocenters. The van der Waals surface area contributed by atoms with Crippen LogP contribution in [-0.2, 0) is 22.7 Å². The Balaban J connectivity index is 1.68. The molecule has 7 nitrogen and oxygen atoms in total. The third-order valence-corrected chi connectivity index (χ3v) is 6.97. The molecule has 0 saturated carbocycles. The summed E-state index contributed by atoms with van der Waals surface area (Å²) in [5.41, 5.74) is -0.967. The lowest BCUT2D eigenvalue weighted by Crippen LogP contribution is -2.35. The van der Waals surface area contributed by atoms with E-state index in [1.54, 1.807) is 0 Å². The largest absolute Gasteiger partial charge is 0.416 e. The summed E-state index contributed by atoms with van der Waals surface area (Å²) in [5, 5.41) is 4.11. The Morgan fingerprint density at radius 2 is 1.77 bits per heavy atom. The molecule has 30 heavy (non-hydrogen) atoms. The first-order valence-electron chi connectivity index (χ1n) is 9.42. The van der Waals surface area contributed by atoms with E-state index in [0.717, 1.165) is 40.5 Å². The Morgan fingerprint density at radius 3 is 2.47 bits per heavy atom. The van der Waals surface area contributed by atoms with Crippen molar-refractivity contribution in [2.45, 2.75) is 36.9 Å². The van der Waals surface area contributed by atoms with Crippen LogP contribution < -0.4 is 5.69 Å². The zero-order valence-corrected chi connectivity index (χ0v) is 16.7. The van der Waals surface area contributed by atoms with E-state index in [2.05, 4.69) is 5.10 Å². The average molecular weight is 440 g/mol. The average Bonchev–Trinajstić information content (AvgIpc) is 3.03. The molecule has 1 aromatic carbocycles. The lowest BCUT2D eigenvalue weighted by molar-refractivity contribution is -0.137. The van der Waals surface area contributed by atoms with Crippen molar-refractivity contribution < 1.29 is 21.6 Å². The number of aromatic nitrogens is 3. The molecule has 0 bridgehead atoms. The van der Waals surface area contributed by atoms with E-state index in [9.17, 15) is 26.4 Å². The molecule has 2 aromatic heterocycles. The van der Waals surface area contributed by atoms with E-state index >= 15 is 0 Å². The van der Waals surface area contributed by atoms with Crippen LogP contribution in [0.2, 0.25) is 0 Å². The number of benzene rings is 1. The number of piperidine rings is 1. The second-order valence-electron chi connectivity index (χ2n) is 7.20. The van der Waals surface area contributed by atoms with Crippen LogP contribution >= 0.6 is 0 Å². The molecular formula is C19H19F3N4O3S. The van der Waals surface area contributed by atoms with Crippen molar-refractivity contribution in [2.75, 3.05) is 13.1 Å². The Bertz CT molecular complexity index is 1240. The van der Waals surface area contributed by atoms with Gasteiger partial charge in [0.05, 0.1) is 17.0 Å². The molecule has 0 N–H and O–H groups in total. The van der Waals surface area contributed by atoms with Crippen molar-refractivity contribution in [2.24, 2.45) is 0 Å². The van der Waals surface area contributed by atoms with E-state index < -0.39 is 27.5 Å². The van der Waals surface area contributed by atoms with Crippen molar-refractivity contribution in [1.29, 1.82) is 0 Å². The second kappa shape index (κ2) is 7.55. The van der Waals surface area contributed by atoms with E-state index in [-0.39, 0.29) is 22.7 Å². The molecule has 1 aliphatic heterocycles. The predicted molar refractivity (Wildman–Crippen MR) is 103 cm³/mol. The summed E-state index contributed by atoms with van der Waals surface area (Å²) in [5.74, 6) is 0. The standard InChI is InChI=1S/C19H19F3N4O3S/c20-19(21,22)15-6-4-5-14(11-15)12-26-18(27)25-13-16(7-8-17(25)23-26)30(28,29)24-9-2-1-3-10-24/h4-8,11,13H,1-3,9-10,12H2. The summed E-state index contributed by atoms with van der Waals surface area (Å²) in [4.78, 5) is 12.7. The zero-order valence-electron chi connectivity index (χ0n) is 15.8. The fourth-order valence-electron chi connectivity index (χ4n) is 3.53. The van der Waals surface area contributed by atoms with Gasteiger partial charge in [0.15, 0.2) is 5.65 Å². The van der Waals surface area contributed by atoms with Gasteiger partial charge in [-0.3, -0.25) is 0 Å². The molecule has 1 aliphatic rings. The summed E-state index contributed by atoms with van der Waals surface area (Å²) in [6, 6.07) is 7.46. The van der Waals surface area contributed by atoms with Crippen LogP contribution in [-0.4, -0.2) is 40.0 Å². The Hall–Kier alpha value is -2.66. The lowest BCUT2D eigenvalue weighted by atomic mass is 10.1. The van der Waals surface area contributed by atoms with Crippen LogP contribution in [0.5, 0.6) is 0 Å². The third kappa shape index (κ3) is 3.86. The van der Waals surface area contributed by atoms with Gasteiger partial charge in [0.1, 0.15) is 0 Å². The molecule has 160 valence electrons. The molecule has 0 radical (unpaired) electrons. The molecule has 0 unspecified atom stereocenters. The summed E-state index contributed by atoms with van der Waals surface area (Å²) in [6.45, 7) is 0.701. The summed E-state index contributed by atoms with van der Waals surface area (Å²) < 4.78 is 68.0. The number of pyridine rings is 1. The molecule has 4 rings (SSSR count). The summed E-state index contributed by atoms with van der Waals surface area (Å²) >= 11 is 0. The molecule has 0 aliphatic carbocycles. The maximum absolute atomic E-state index is 12.9. The van der Waals surface area contributed by atoms with E-state index in [1.807, 2.05) is 0 Å². The fourth-order valence-corrected chi connectivity index (χ4v) is 5.04. The molecule has 1 saturated heterocycles. The molecule has 1 fully saturated rings. The van der Waals surface area contributed by atoms with Gasteiger partial charge in [-0.15, -0.1) is 5.10 Å². The smallest absolute Gasteiger partial charge is 0.249 e. The van der Waals surface area contributed by atoms with Crippen LogP contribution in [0.15, 0.2) is 52.3 Å². The van der Waals surface area contributed by atoms with Crippen molar-refractivity contribution in [1.82, 2.24) is 18.5 Å². The number of hydrogen-bond acceptors (Lipinski definition) is 4. The third-order valence-electron chi connectivity index (χ3n) is 5.09. The minimum absolute atomic E-state index is 0.0161. The number of rotatable bonds is 4. The molecule has 0 spiro atoms. The predicted octanol–water partition coefficient (Wildman–Crippen LogP) is 2.74. The van der Waals surface area contributed by atoms with Crippen LogP contribution in [0, 0.1) is 0 Å². The Morgan fingerprint density at radius 1 is 1.03 bits per heavy atom. The quantitative estimate of drug-likeness (QED) is 0.625. The molecule has 11 heteroatoms. The van der Waals surface area contributed by atoms with E-state index in [4.69, 9.17) is 0 Å². The van der Waals surface area contributed by atoms with Gasteiger partial charge in [-0.25, -0.2) is 22.3 Å². The monoisotopic (exact) mass is 440 g/mol. The van der Waals surface area contributed by atoms with E-state index in [0.29, 0.717) is 13.1 Å². The van der Waals surface area contributed by atoms with Gasteiger partial charge in [-0.1, -0.05) is 18.6 Å². The maximum Gasteiger partial charge on any atom is 0.416 e. The number of alkyl halides is 3. The number of nitrogens with zero attached hydrogens (tertiary/aromatic N) is 4. The van der Waals surface area contributed by atoms with Crippen LogP contribution in [0.1, 0.15) is 30.4 Å². The highest BCUT2D eigenvalue weighted by Crippen LogP contribution is 2.29. The zero-order chi connectivity index (χ0) is 21.5. The van der Waals surface area contributed by atoms with E-state index in [1.165, 1.54) is 34.8 Å². The normalized spacial score (nSPS) is 16.2. The highest BCUT2D eigenvalue weighted by Gasteiger charge is 2.30. The Labute approximate surface area is 170 Å². The van der Waals surface area contributed by atoms with Crippen molar-refractivity contribution in [3.05, 3.63) is 64.2 Å². The van der Waals surface area contributed by atoms with Crippen LogP contribution in [0.25, 0.3) is 5.65 Å². The van der Waals surface area contributed by atoms with Crippen LogP contribution in [0.4, 0.5) is 13.2 Å². The number of sulfonamides is 1. The Kier molecular flexibility index (Phi) is 5.18. The molecule has 3 heterocycles. The van der Waals surface area contributed by atoms with Crippen molar-refractivity contribution in [3.63, 3.8) is 0 Å². The fraction of sp³-hybridized carbons (Fsp3) is 0.368. The summed E-state index contributed by atoms with van der Waals surface area (Å²) in [7, 11) is -3.73. The number of hydrogen-bond donors (Lipinski definition) is 0. The minimum atomic E-state index is -4.49. The molecule has 0 amide bonds. The van der Waals surface area contributed by atoms with Crippen molar-refractivity contribution >= 4 is 15.7 Å². The van der Waals surface area contributed by atoms with Gasteiger partial charge >= 0.3 is 11.9 Å². The SMILES string of the molecule is O=c1n(Cc2cccc(C(F)(F)F)c2)nc2ccc(S(=O)(=O)N3CCCCC3)cn12. The number of fused-ring (bicyclic) bond motifs is 1. The summed E-state index contributed by atoms with van der Waals surface area (Å²) in [6.07, 6.45) is -0.714. The van der Waals surface area contributed by atoms with Gasteiger partial charge in [0, 0.05) is 19.3 Å². The first-order valence-corrected chi connectivity index (χ1v) is 10.9. The van der Waals surface area contributed by atoms with Gasteiger partial charge in [-0.2, -0.15) is 17.5 Å². The van der Waals surface area contributed by atoms with Gasteiger partial charge in [0.25, 0.3) is 0 Å². The highest BCUT2D eigenvalue weighted by molar-refractivity contribution is 7.89. The topological polar surface area (TPSA) is 76.7 Å². The van der Waals surface area contributed by atoms with Crippen molar-refractivity contribution in [3.8, 4) is 0 Å².